The minimum Gasteiger partial charge on any atom is -0.507 e. The molecule has 0 unspecified atom stereocenters. The lowest BCUT2D eigenvalue weighted by Crippen LogP contribution is -2.31. The maximum Gasteiger partial charge on any atom is 0.233 e. The highest BCUT2D eigenvalue weighted by molar-refractivity contribution is 5.86. The summed E-state index contributed by atoms with van der Waals surface area (Å²) in [7, 11) is 0. The molecule has 2 rings (SSSR count). The van der Waals surface area contributed by atoms with Crippen LogP contribution in [-0.4, -0.2) is 5.11 Å². The van der Waals surface area contributed by atoms with E-state index >= 15 is 0 Å². The molecule has 0 aliphatic carbocycles. The van der Waals surface area contributed by atoms with Gasteiger partial charge in [-0.15, -0.1) is 0 Å². The van der Waals surface area contributed by atoms with Gasteiger partial charge in [0.05, 0.1) is 0 Å². The Morgan fingerprint density at radius 1 is 1.36 bits per heavy atom. The van der Waals surface area contributed by atoms with Crippen molar-refractivity contribution in [1.82, 2.24) is 0 Å². The van der Waals surface area contributed by atoms with E-state index in [0.717, 1.165) is 10.8 Å². The van der Waals surface area contributed by atoms with Crippen molar-refractivity contribution in [2.45, 2.75) is 6.54 Å². The van der Waals surface area contributed by atoms with Gasteiger partial charge in [0.15, 0.2) is 12.4 Å². The number of rotatable bonds is 1. The van der Waals surface area contributed by atoms with Crippen molar-refractivity contribution >= 4 is 10.8 Å². The van der Waals surface area contributed by atoms with Gasteiger partial charge in [0.1, 0.15) is 11.8 Å². The third-order valence-electron chi connectivity index (χ3n) is 2.11. The van der Waals surface area contributed by atoms with Crippen molar-refractivity contribution < 1.29 is 9.67 Å². The van der Waals surface area contributed by atoms with Gasteiger partial charge < -0.3 is 5.11 Å². The third kappa shape index (κ3) is 1.38. The van der Waals surface area contributed by atoms with Crippen LogP contribution in [0.5, 0.6) is 5.75 Å². The molecule has 2 aromatic rings. The van der Waals surface area contributed by atoms with E-state index in [-0.39, 0.29) is 5.75 Å². The van der Waals surface area contributed by atoms with Crippen molar-refractivity contribution in [2.75, 3.05) is 0 Å². The fourth-order valence-electron chi connectivity index (χ4n) is 1.44. The largest absolute Gasteiger partial charge is 0.507 e. The van der Waals surface area contributed by atoms with E-state index in [2.05, 4.69) is 6.07 Å². The van der Waals surface area contributed by atoms with E-state index in [1.807, 2.05) is 18.3 Å². The molecule has 0 saturated heterocycles. The van der Waals surface area contributed by atoms with Crippen LogP contribution in [0.4, 0.5) is 0 Å². The number of hydrogen-bond donors (Lipinski definition) is 1. The first-order valence-corrected chi connectivity index (χ1v) is 4.29. The third-order valence-corrected chi connectivity index (χ3v) is 2.11. The van der Waals surface area contributed by atoms with Crippen LogP contribution in [0.2, 0.25) is 0 Å². The van der Waals surface area contributed by atoms with Crippen LogP contribution in [-0.2, 0) is 6.54 Å². The first-order chi connectivity index (χ1) is 6.81. The molecule has 0 saturated carbocycles. The van der Waals surface area contributed by atoms with E-state index in [4.69, 9.17) is 5.26 Å². The van der Waals surface area contributed by atoms with Crippen LogP contribution in [0.25, 0.3) is 10.8 Å². The number of nitriles is 1. The Kier molecular flexibility index (Phi) is 2.04. The Balaban J connectivity index is 2.63. The van der Waals surface area contributed by atoms with Crippen LogP contribution in [0, 0.1) is 11.3 Å². The molecule has 0 aliphatic heterocycles. The number of aromatic nitrogens is 1. The number of hydrogen-bond acceptors (Lipinski definition) is 2. The van der Waals surface area contributed by atoms with Crippen molar-refractivity contribution in [2.24, 2.45) is 0 Å². The van der Waals surface area contributed by atoms with E-state index in [0.29, 0.717) is 6.54 Å². The lowest BCUT2D eigenvalue weighted by Gasteiger charge is -1.98. The van der Waals surface area contributed by atoms with Crippen molar-refractivity contribution in [3.8, 4) is 11.8 Å². The molecule has 1 N–H and O–H groups in total. The Hall–Kier alpha value is -2.08. The molecule has 0 amide bonds. The summed E-state index contributed by atoms with van der Waals surface area (Å²) in [5.41, 5.74) is 0. The summed E-state index contributed by atoms with van der Waals surface area (Å²) in [6, 6.07) is 9.21. The number of nitrogens with zero attached hydrogens (tertiary/aromatic N) is 2. The number of fused-ring (bicyclic) bond motifs is 1. The molecule has 3 nitrogen and oxygen atoms in total. The predicted octanol–water partition coefficient (Wildman–Crippen LogP) is 1.36. The molecule has 1 aromatic carbocycles. The molecule has 0 aliphatic rings. The van der Waals surface area contributed by atoms with Gasteiger partial charge in [0.25, 0.3) is 0 Å². The highest BCUT2D eigenvalue weighted by atomic mass is 16.3. The van der Waals surface area contributed by atoms with Gasteiger partial charge in [-0.3, -0.25) is 0 Å². The van der Waals surface area contributed by atoms with Crippen LogP contribution >= 0.6 is 0 Å². The number of aromatic hydroxyl groups is 1. The molecule has 0 spiro atoms. The zero-order valence-corrected chi connectivity index (χ0v) is 7.51. The molecule has 1 aromatic heterocycles. The SMILES string of the molecule is N#CC[n+]1ccc2c(O)cccc2c1. The molecule has 0 atom stereocenters. The summed E-state index contributed by atoms with van der Waals surface area (Å²) in [4.78, 5) is 0. The number of phenolic OH excluding ortho intramolecular Hbond substituents is 1. The molecule has 0 fully saturated rings. The summed E-state index contributed by atoms with van der Waals surface area (Å²) < 4.78 is 1.78. The van der Waals surface area contributed by atoms with E-state index in [9.17, 15) is 5.11 Å². The van der Waals surface area contributed by atoms with Gasteiger partial charge >= 0.3 is 0 Å². The monoisotopic (exact) mass is 185 g/mol. The summed E-state index contributed by atoms with van der Waals surface area (Å²) in [5, 5.41) is 19.8. The van der Waals surface area contributed by atoms with Crippen LogP contribution in [0.1, 0.15) is 0 Å². The lowest BCUT2D eigenvalue weighted by atomic mass is 10.1. The molecular weight excluding hydrogens is 176 g/mol. The minimum absolute atomic E-state index is 0.270. The smallest absolute Gasteiger partial charge is 0.233 e. The van der Waals surface area contributed by atoms with E-state index in [1.54, 1.807) is 22.9 Å². The molecule has 14 heavy (non-hydrogen) atoms. The first-order valence-electron chi connectivity index (χ1n) is 4.29. The van der Waals surface area contributed by atoms with Gasteiger partial charge in [0.2, 0.25) is 6.54 Å². The molecule has 3 heteroatoms. The van der Waals surface area contributed by atoms with Crippen molar-refractivity contribution in [3.05, 3.63) is 36.7 Å². The molecule has 0 bridgehead atoms. The van der Waals surface area contributed by atoms with E-state index < -0.39 is 0 Å². The average molecular weight is 185 g/mol. The number of benzene rings is 1. The van der Waals surface area contributed by atoms with Gasteiger partial charge in [-0.05, 0) is 12.1 Å². The molecular formula is C11H9N2O+. The quantitative estimate of drug-likeness (QED) is 0.682. The molecule has 0 radical (unpaired) electrons. The fourth-order valence-corrected chi connectivity index (χ4v) is 1.44. The second-order valence-electron chi connectivity index (χ2n) is 3.06. The van der Waals surface area contributed by atoms with Crippen LogP contribution in [0.3, 0.4) is 0 Å². The van der Waals surface area contributed by atoms with Crippen molar-refractivity contribution in [3.63, 3.8) is 0 Å². The number of phenols is 1. The van der Waals surface area contributed by atoms with Gasteiger partial charge in [-0.2, -0.15) is 9.83 Å². The second-order valence-corrected chi connectivity index (χ2v) is 3.06. The van der Waals surface area contributed by atoms with Crippen molar-refractivity contribution in [1.29, 1.82) is 5.26 Å². The summed E-state index contributed by atoms with van der Waals surface area (Å²) in [5.74, 6) is 0.270. The zero-order valence-electron chi connectivity index (χ0n) is 7.51. The lowest BCUT2D eigenvalue weighted by molar-refractivity contribution is -0.683. The maximum atomic E-state index is 9.52. The average Bonchev–Trinajstić information content (AvgIpc) is 2.18. The standard InChI is InChI=1S/C11H8N2O/c12-5-7-13-6-4-10-9(8-13)2-1-3-11(10)14/h1-4,6,8H,7H2/p+1. The van der Waals surface area contributed by atoms with Gasteiger partial charge in [0, 0.05) is 16.8 Å². The normalized spacial score (nSPS) is 9.93. The zero-order chi connectivity index (χ0) is 9.97. The minimum atomic E-state index is 0.270. The van der Waals surface area contributed by atoms with Crippen LogP contribution in [0.15, 0.2) is 36.7 Å². The highest BCUT2D eigenvalue weighted by Gasteiger charge is 2.04. The first kappa shape index (κ1) is 8.52. The summed E-state index contributed by atoms with van der Waals surface area (Å²) in [6.07, 6.45) is 3.63. The predicted molar refractivity (Wildman–Crippen MR) is 51.4 cm³/mol. The van der Waals surface area contributed by atoms with Gasteiger partial charge in [-0.25, -0.2) is 0 Å². The molecule has 68 valence electrons. The second kappa shape index (κ2) is 3.35. The topological polar surface area (TPSA) is 47.9 Å². The fraction of sp³-hybridized carbons (Fsp3) is 0.0909. The van der Waals surface area contributed by atoms with Gasteiger partial charge in [-0.1, -0.05) is 6.07 Å². The van der Waals surface area contributed by atoms with Crippen LogP contribution < -0.4 is 4.57 Å². The molecule has 1 heterocycles. The Morgan fingerprint density at radius 2 is 2.21 bits per heavy atom. The number of pyridine rings is 1. The summed E-state index contributed by atoms with van der Waals surface area (Å²) >= 11 is 0. The Labute approximate surface area is 81.5 Å². The highest BCUT2D eigenvalue weighted by Crippen LogP contribution is 2.21. The maximum absolute atomic E-state index is 9.52. The summed E-state index contributed by atoms with van der Waals surface area (Å²) in [6.45, 7) is 0.325. The Bertz CT molecular complexity index is 514. The Morgan fingerprint density at radius 3 is 3.00 bits per heavy atom. The van der Waals surface area contributed by atoms with E-state index in [1.165, 1.54) is 0 Å².